The standard InChI is InChI=1S/C20H18N4OS2/c1-13-12-14(2)22-20(21-13)27-17-10-8-16(9-11-17)23-19(26)24-18(25)15-6-4-3-5-7-15/h3-12H,1-2H3,(H2,23,24,25,26). The zero-order chi connectivity index (χ0) is 19.2. The molecule has 0 saturated heterocycles. The monoisotopic (exact) mass is 394 g/mol. The van der Waals surface area contributed by atoms with Gasteiger partial charge in [0.1, 0.15) is 0 Å². The average molecular weight is 395 g/mol. The topological polar surface area (TPSA) is 66.9 Å². The van der Waals surface area contributed by atoms with Crippen molar-refractivity contribution >= 4 is 40.7 Å². The van der Waals surface area contributed by atoms with Crippen LogP contribution in [0, 0.1) is 13.8 Å². The average Bonchev–Trinajstić information content (AvgIpc) is 2.63. The van der Waals surface area contributed by atoms with E-state index < -0.39 is 0 Å². The molecule has 2 N–H and O–H groups in total. The Kier molecular flexibility index (Phi) is 6.16. The molecule has 3 rings (SSSR count). The number of carbonyl (C=O) groups is 1. The number of aromatic nitrogens is 2. The molecular weight excluding hydrogens is 376 g/mol. The lowest BCUT2D eigenvalue weighted by molar-refractivity contribution is 0.0977. The van der Waals surface area contributed by atoms with Gasteiger partial charge in [-0.2, -0.15) is 0 Å². The number of carbonyl (C=O) groups excluding carboxylic acids is 1. The van der Waals surface area contributed by atoms with Crippen molar-refractivity contribution in [3.05, 3.63) is 77.6 Å². The Labute approximate surface area is 167 Å². The summed E-state index contributed by atoms with van der Waals surface area (Å²) in [6.45, 7) is 3.91. The van der Waals surface area contributed by atoms with E-state index in [2.05, 4.69) is 20.6 Å². The van der Waals surface area contributed by atoms with Crippen molar-refractivity contribution in [3.63, 3.8) is 0 Å². The molecule has 7 heteroatoms. The molecule has 3 aromatic rings. The van der Waals surface area contributed by atoms with Crippen molar-refractivity contribution in [1.82, 2.24) is 15.3 Å². The maximum Gasteiger partial charge on any atom is 0.257 e. The molecule has 0 fully saturated rings. The number of thiocarbonyl (C=S) groups is 1. The quantitative estimate of drug-likeness (QED) is 0.506. The fourth-order valence-corrected chi connectivity index (χ4v) is 3.45. The van der Waals surface area contributed by atoms with E-state index in [1.165, 1.54) is 11.8 Å². The van der Waals surface area contributed by atoms with Crippen LogP contribution in [0.15, 0.2) is 70.7 Å². The van der Waals surface area contributed by atoms with Gasteiger partial charge in [0.05, 0.1) is 0 Å². The van der Waals surface area contributed by atoms with Gasteiger partial charge in [0.25, 0.3) is 5.91 Å². The van der Waals surface area contributed by atoms with Gasteiger partial charge in [0.2, 0.25) is 0 Å². The fourth-order valence-electron chi connectivity index (χ4n) is 2.38. The van der Waals surface area contributed by atoms with E-state index in [4.69, 9.17) is 12.2 Å². The van der Waals surface area contributed by atoms with E-state index in [-0.39, 0.29) is 11.0 Å². The molecule has 0 spiro atoms. The number of aryl methyl sites for hydroxylation is 2. The van der Waals surface area contributed by atoms with E-state index in [0.717, 1.165) is 27.1 Å². The van der Waals surface area contributed by atoms with Crippen molar-refractivity contribution in [3.8, 4) is 0 Å². The van der Waals surface area contributed by atoms with Crippen molar-refractivity contribution < 1.29 is 4.79 Å². The van der Waals surface area contributed by atoms with Crippen LogP contribution in [0.4, 0.5) is 5.69 Å². The van der Waals surface area contributed by atoms with Crippen LogP contribution >= 0.6 is 24.0 Å². The van der Waals surface area contributed by atoms with Gasteiger partial charge in [-0.15, -0.1) is 0 Å². The summed E-state index contributed by atoms with van der Waals surface area (Å²) in [5, 5.41) is 6.65. The summed E-state index contributed by atoms with van der Waals surface area (Å²) >= 11 is 6.71. The van der Waals surface area contributed by atoms with E-state index in [1.807, 2.05) is 50.2 Å². The Balaban J connectivity index is 1.58. The summed E-state index contributed by atoms with van der Waals surface area (Å²) in [5.41, 5.74) is 3.24. The zero-order valence-electron chi connectivity index (χ0n) is 14.9. The fraction of sp³-hybridized carbons (Fsp3) is 0.100. The molecular formula is C20H18N4OS2. The normalized spacial score (nSPS) is 10.3. The first kappa shape index (κ1) is 19.0. The highest BCUT2D eigenvalue weighted by Gasteiger charge is 2.08. The summed E-state index contributed by atoms with van der Waals surface area (Å²) < 4.78 is 0. The van der Waals surface area contributed by atoms with Crippen LogP contribution < -0.4 is 10.6 Å². The highest BCUT2D eigenvalue weighted by molar-refractivity contribution is 7.99. The molecule has 0 bridgehead atoms. The summed E-state index contributed by atoms with van der Waals surface area (Å²) in [7, 11) is 0. The Bertz CT molecular complexity index is 939. The van der Waals surface area contributed by atoms with Gasteiger partial charge in [0, 0.05) is 27.5 Å². The number of rotatable bonds is 4. The molecule has 27 heavy (non-hydrogen) atoms. The molecule has 5 nitrogen and oxygen atoms in total. The van der Waals surface area contributed by atoms with Gasteiger partial charge in [0.15, 0.2) is 10.3 Å². The third-order valence-electron chi connectivity index (χ3n) is 3.55. The molecule has 1 heterocycles. The molecule has 0 aliphatic carbocycles. The van der Waals surface area contributed by atoms with Gasteiger partial charge in [-0.25, -0.2) is 9.97 Å². The van der Waals surface area contributed by atoms with Crippen LogP contribution in [0.25, 0.3) is 0 Å². The molecule has 0 atom stereocenters. The molecule has 1 aromatic heterocycles. The zero-order valence-corrected chi connectivity index (χ0v) is 16.5. The second-order valence-corrected chi connectivity index (χ2v) is 7.28. The van der Waals surface area contributed by atoms with Crippen molar-refractivity contribution in [1.29, 1.82) is 0 Å². The Hall–Kier alpha value is -2.77. The van der Waals surface area contributed by atoms with E-state index in [0.29, 0.717) is 5.56 Å². The van der Waals surface area contributed by atoms with Crippen LogP contribution in [-0.4, -0.2) is 21.0 Å². The summed E-state index contributed by atoms with van der Waals surface area (Å²) in [6, 6.07) is 18.6. The maximum atomic E-state index is 12.1. The second kappa shape index (κ2) is 8.75. The molecule has 0 radical (unpaired) electrons. The molecule has 0 unspecified atom stereocenters. The lowest BCUT2D eigenvalue weighted by Gasteiger charge is -2.10. The number of hydrogen-bond donors (Lipinski definition) is 2. The number of anilines is 1. The highest BCUT2D eigenvalue weighted by atomic mass is 32.2. The van der Waals surface area contributed by atoms with Gasteiger partial charge >= 0.3 is 0 Å². The Morgan fingerprint density at radius 1 is 0.963 bits per heavy atom. The molecule has 2 aromatic carbocycles. The summed E-state index contributed by atoms with van der Waals surface area (Å²) in [5.74, 6) is -0.243. The number of nitrogens with one attached hydrogen (secondary N) is 2. The van der Waals surface area contributed by atoms with E-state index in [9.17, 15) is 4.79 Å². The maximum absolute atomic E-state index is 12.1. The summed E-state index contributed by atoms with van der Waals surface area (Å²) in [4.78, 5) is 22.0. The number of hydrogen-bond acceptors (Lipinski definition) is 5. The van der Waals surface area contributed by atoms with Gasteiger partial charge in [-0.1, -0.05) is 18.2 Å². The highest BCUT2D eigenvalue weighted by Crippen LogP contribution is 2.26. The molecule has 0 aliphatic rings. The molecule has 0 aliphatic heterocycles. The van der Waals surface area contributed by atoms with Gasteiger partial charge in [-0.05, 0) is 80.3 Å². The van der Waals surface area contributed by atoms with E-state index in [1.54, 1.807) is 24.3 Å². The van der Waals surface area contributed by atoms with Gasteiger partial charge in [-0.3, -0.25) is 10.1 Å². The van der Waals surface area contributed by atoms with Crippen molar-refractivity contribution in [2.24, 2.45) is 0 Å². The molecule has 0 saturated carbocycles. The third kappa shape index (κ3) is 5.60. The minimum absolute atomic E-state index is 0.243. The first-order valence-corrected chi connectivity index (χ1v) is 9.50. The Morgan fingerprint density at radius 3 is 2.22 bits per heavy atom. The minimum atomic E-state index is -0.243. The Morgan fingerprint density at radius 2 is 1.59 bits per heavy atom. The van der Waals surface area contributed by atoms with Crippen LogP contribution in [0.1, 0.15) is 21.7 Å². The molecule has 1 amide bonds. The lowest BCUT2D eigenvalue weighted by atomic mass is 10.2. The minimum Gasteiger partial charge on any atom is -0.332 e. The van der Waals surface area contributed by atoms with Crippen molar-refractivity contribution in [2.45, 2.75) is 23.9 Å². The SMILES string of the molecule is Cc1cc(C)nc(Sc2ccc(NC(=S)NC(=O)c3ccccc3)cc2)n1. The smallest absolute Gasteiger partial charge is 0.257 e. The predicted octanol–water partition coefficient (Wildman–Crippen LogP) is 4.37. The first-order valence-electron chi connectivity index (χ1n) is 8.27. The lowest BCUT2D eigenvalue weighted by Crippen LogP contribution is -2.34. The van der Waals surface area contributed by atoms with Crippen LogP contribution in [0.2, 0.25) is 0 Å². The van der Waals surface area contributed by atoms with Crippen LogP contribution in [0.3, 0.4) is 0 Å². The first-order chi connectivity index (χ1) is 13.0. The predicted molar refractivity (Wildman–Crippen MR) is 112 cm³/mol. The number of benzene rings is 2. The summed E-state index contributed by atoms with van der Waals surface area (Å²) in [6.07, 6.45) is 0. The number of amides is 1. The van der Waals surface area contributed by atoms with Crippen molar-refractivity contribution in [2.75, 3.05) is 5.32 Å². The largest absolute Gasteiger partial charge is 0.332 e. The van der Waals surface area contributed by atoms with Crippen LogP contribution in [-0.2, 0) is 0 Å². The van der Waals surface area contributed by atoms with E-state index >= 15 is 0 Å². The number of nitrogens with zero attached hydrogens (tertiary/aromatic N) is 2. The van der Waals surface area contributed by atoms with Crippen LogP contribution in [0.5, 0.6) is 0 Å². The second-order valence-electron chi connectivity index (χ2n) is 5.83. The third-order valence-corrected chi connectivity index (χ3v) is 4.62. The molecule has 136 valence electrons. The van der Waals surface area contributed by atoms with Gasteiger partial charge < -0.3 is 5.32 Å².